The van der Waals surface area contributed by atoms with Gasteiger partial charge in [-0.2, -0.15) is 5.26 Å². The van der Waals surface area contributed by atoms with Crippen molar-refractivity contribution in [3.8, 4) is 17.6 Å². The van der Waals surface area contributed by atoms with Crippen LogP contribution in [-0.2, 0) is 22.4 Å². The molecule has 0 fully saturated rings. The van der Waals surface area contributed by atoms with Crippen LogP contribution in [0, 0.1) is 16.7 Å². The van der Waals surface area contributed by atoms with Gasteiger partial charge in [-0.05, 0) is 67.7 Å². The third-order valence-corrected chi connectivity index (χ3v) is 9.23. The van der Waals surface area contributed by atoms with E-state index in [0.717, 1.165) is 41.8 Å². The van der Waals surface area contributed by atoms with Crippen molar-refractivity contribution in [3.63, 3.8) is 0 Å². The first-order chi connectivity index (χ1) is 19.1. The summed E-state index contributed by atoms with van der Waals surface area (Å²) < 4.78 is 16.5. The number of hydrogen-bond donors (Lipinski definition) is 1. The molecule has 9 heteroatoms. The summed E-state index contributed by atoms with van der Waals surface area (Å²) in [4.78, 5) is 30.3. The lowest BCUT2D eigenvalue weighted by atomic mass is 9.68. The quantitative estimate of drug-likeness (QED) is 0.443. The maximum atomic E-state index is 14.0. The molecule has 0 radical (unpaired) electrons. The Morgan fingerprint density at radius 2 is 1.90 bits per heavy atom. The van der Waals surface area contributed by atoms with E-state index in [-0.39, 0.29) is 29.2 Å². The van der Waals surface area contributed by atoms with Gasteiger partial charge in [0.2, 0.25) is 0 Å². The lowest BCUT2D eigenvalue weighted by Gasteiger charge is -2.43. The van der Waals surface area contributed by atoms with Crippen LogP contribution in [0.5, 0.6) is 11.5 Å². The molecule has 3 aliphatic rings. The van der Waals surface area contributed by atoms with E-state index in [2.05, 4.69) is 19.9 Å². The average molecular weight is 562 g/mol. The number of Topliss-reactive ketones (excluding diaryl/α,β-unsaturated/α-hetero) is 1. The Labute approximate surface area is 239 Å². The van der Waals surface area contributed by atoms with E-state index in [1.54, 1.807) is 33.3 Å². The van der Waals surface area contributed by atoms with Crippen LogP contribution in [0.2, 0.25) is 0 Å². The molecule has 0 unspecified atom stereocenters. The van der Waals surface area contributed by atoms with Crippen LogP contribution in [0.3, 0.4) is 0 Å². The van der Waals surface area contributed by atoms with Crippen molar-refractivity contribution in [1.29, 1.82) is 5.26 Å². The molecule has 0 saturated carbocycles. The second kappa shape index (κ2) is 10.7. The molecule has 2 aliphatic carbocycles. The van der Waals surface area contributed by atoms with Crippen molar-refractivity contribution >= 4 is 28.1 Å². The highest BCUT2D eigenvalue weighted by atomic mass is 32.1. The van der Waals surface area contributed by atoms with Crippen LogP contribution in [0.1, 0.15) is 78.7 Å². The Kier molecular flexibility index (Phi) is 7.40. The summed E-state index contributed by atoms with van der Waals surface area (Å²) in [6.45, 7) is 6.15. The van der Waals surface area contributed by atoms with Gasteiger partial charge in [0.25, 0.3) is 0 Å². The van der Waals surface area contributed by atoms with Gasteiger partial charge in [-0.25, -0.2) is 4.79 Å². The lowest BCUT2D eigenvalue weighted by Crippen LogP contribution is -2.42. The number of fused-ring (bicyclic) bond motifs is 1. The molecule has 1 aromatic carbocycles. The molecule has 8 nitrogen and oxygen atoms in total. The normalized spacial score (nSPS) is 20.1. The van der Waals surface area contributed by atoms with Crippen LogP contribution in [0.4, 0.5) is 5.00 Å². The number of carbonyl (C=O) groups is 2. The van der Waals surface area contributed by atoms with Gasteiger partial charge >= 0.3 is 5.97 Å². The van der Waals surface area contributed by atoms with Crippen molar-refractivity contribution in [2.75, 3.05) is 25.7 Å². The first-order valence-corrected chi connectivity index (χ1v) is 14.5. The molecule has 40 heavy (non-hydrogen) atoms. The SMILES string of the molecule is CCOC(=O)c1c(N2C(N)=C(C#N)[C@H](c3ccc(OC)c(OC)c3)C3=C2CC(C)(C)CC3=O)sc2c1CCCC2. The zero-order chi connectivity index (χ0) is 28.8. The molecule has 1 atom stereocenters. The van der Waals surface area contributed by atoms with E-state index in [1.165, 1.54) is 11.3 Å². The molecular weight excluding hydrogens is 526 g/mol. The third-order valence-electron chi connectivity index (χ3n) is 7.96. The Balaban J connectivity index is 1.79. The van der Waals surface area contributed by atoms with E-state index >= 15 is 0 Å². The fraction of sp³-hybridized carbons (Fsp3) is 0.452. The van der Waals surface area contributed by atoms with Crippen molar-refractivity contribution in [2.45, 2.75) is 65.2 Å². The zero-order valence-corrected chi connectivity index (χ0v) is 24.5. The van der Waals surface area contributed by atoms with Crippen LogP contribution >= 0.6 is 11.3 Å². The number of carbonyl (C=O) groups excluding carboxylic acids is 2. The van der Waals surface area contributed by atoms with Crippen LogP contribution in [0.25, 0.3) is 0 Å². The number of benzene rings is 1. The smallest absolute Gasteiger partial charge is 0.341 e. The van der Waals surface area contributed by atoms with E-state index in [1.807, 2.05) is 11.0 Å². The Hall–Kier alpha value is -3.77. The number of hydrogen-bond acceptors (Lipinski definition) is 9. The molecule has 1 aromatic heterocycles. The number of ether oxygens (including phenoxy) is 3. The molecule has 1 aliphatic heterocycles. The average Bonchev–Trinajstić information content (AvgIpc) is 3.30. The number of aryl methyl sites for hydroxylation is 1. The fourth-order valence-corrected chi connectivity index (χ4v) is 7.64. The Morgan fingerprint density at radius 3 is 2.58 bits per heavy atom. The molecule has 2 heterocycles. The number of nitrogens with two attached hydrogens (primary N) is 1. The van der Waals surface area contributed by atoms with Crippen LogP contribution < -0.4 is 20.1 Å². The van der Waals surface area contributed by atoms with Crippen molar-refractivity contribution in [1.82, 2.24) is 0 Å². The van der Waals surface area contributed by atoms with Gasteiger partial charge in [-0.1, -0.05) is 19.9 Å². The van der Waals surface area contributed by atoms with Crippen LogP contribution in [-0.4, -0.2) is 32.6 Å². The first-order valence-electron chi connectivity index (χ1n) is 13.6. The number of thiophene rings is 1. The molecule has 0 spiro atoms. The fourth-order valence-electron chi connectivity index (χ4n) is 6.23. The topological polar surface area (TPSA) is 115 Å². The summed E-state index contributed by atoms with van der Waals surface area (Å²) in [7, 11) is 3.11. The number of nitriles is 1. The molecule has 2 N–H and O–H groups in total. The summed E-state index contributed by atoms with van der Waals surface area (Å²) >= 11 is 1.52. The van der Waals surface area contributed by atoms with Gasteiger partial charge in [0, 0.05) is 22.6 Å². The maximum Gasteiger partial charge on any atom is 0.341 e. The van der Waals surface area contributed by atoms with E-state index in [4.69, 9.17) is 19.9 Å². The predicted octanol–water partition coefficient (Wildman–Crippen LogP) is 5.76. The number of nitrogens with zero attached hydrogens (tertiary/aromatic N) is 2. The van der Waals surface area contributed by atoms with Crippen LogP contribution in [0.15, 0.2) is 40.9 Å². The van der Waals surface area contributed by atoms with E-state index in [0.29, 0.717) is 46.0 Å². The highest BCUT2D eigenvalue weighted by Gasteiger charge is 2.46. The molecule has 210 valence electrons. The Morgan fingerprint density at radius 1 is 1.18 bits per heavy atom. The van der Waals surface area contributed by atoms with Gasteiger partial charge in [-0.15, -0.1) is 11.3 Å². The second-order valence-electron chi connectivity index (χ2n) is 11.2. The number of methoxy groups -OCH3 is 2. The van der Waals surface area contributed by atoms with Gasteiger partial charge in [0.15, 0.2) is 17.3 Å². The molecule has 2 aromatic rings. The van der Waals surface area contributed by atoms with Gasteiger partial charge in [0.1, 0.15) is 10.8 Å². The van der Waals surface area contributed by atoms with Gasteiger partial charge in [0.05, 0.1) is 44.0 Å². The highest BCUT2D eigenvalue weighted by molar-refractivity contribution is 7.16. The minimum atomic E-state index is -0.666. The first kappa shape index (κ1) is 27.8. The molecular formula is C31H35N3O5S. The standard InChI is InChI=1S/C31H35N3O5S/c1-6-39-30(36)26-18-9-7-8-10-24(18)40-29(26)34-20-14-31(2,3)15-21(35)27(20)25(19(16-32)28(34)33)17-11-12-22(37-4)23(13-17)38-5/h11-13,25H,6-10,14-15,33H2,1-5H3/t25-/m0/s1. The third kappa shape index (κ3) is 4.54. The number of allylic oxidation sites excluding steroid dienone is 3. The number of ketones is 1. The van der Waals surface area contributed by atoms with Crippen molar-refractivity contribution in [3.05, 3.63) is 62.4 Å². The summed E-state index contributed by atoms with van der Waals surface area (Å²) in [5, 5.41) is 11.1. The van der Waals surface area contributed by atoms with E-state index in [9.17, 15) is 14.9 Å². The number of anilines is 1. The number of rotatable bonds is 6. The highest BCUT2D eigenvalue weighted by Crippen LogP contribution is 2.53. The van der Waals surface area contributed by atoms with Crippen molar-refractivity contribution in [2.24, 2.45) is 11.1 Å². The summed E-state index contributed by atoms with van der Waals surface area (Å²) in [6, 6.07) is 7.74. The monoisotopic (exact) mass is 561 g/mol. The van der Waals surface area contributed by atoms with Crippen molar-refractivity contribution < 1.29 is 23.8 Å². The van der Waals surface area contributed by atoms with E-state index < -0.39 is 11.9 Å². The van der Waals surface area contributed by atoms with Gasteiger partial charge < -0.3 is 19.9 Å². The lowest BCUT2D eigenvalue weighted by molar-refractivity contribution is -0.118. The number of esters is 1. The molecule has 0 bridgehead atoms. The molecule has 0 amide bonds. The Bertz CT molecular complexity index is 1490. The molecule has 5 rings (SSSR count). The zero-order valence-electron chi connectivity index (χ0n) is 23.7. The molecule has 0 saturated heterocycles. The summed E-state index contributed by atoms with van der Waals surface area (Å²) in [5.41, 5.74) is 10.3. The minimum Gasteiger partial charge on any atom is -0.493 e. The maximum absolute atomic E-state index is 14.0. The minimum absolute atomic E-state index is 0.0321. The predicted molar refractivity (Wildman–Crippen MR) is 154 cm³/mol. The summed E-state index contributed by atoms with van der Waals surface area (Å²) in [6.07, 6.45) is 4.60. The second-order valence-corrected chi connectivity index (χ2v) is 12.3. The van der Waals surface area contributed by atoms with Gasteiger partial charge in [-0.3, -0.25) is 9.69 Å². The summed E-state index contributed by atoms with van der Waals surface area (Å²) in [5.74, 6) is 0.187. The largest absolute Gasteiger partial charge is 0.493 e.